The Morgan fingerprint density at radius 2 is 1.67 bits per heavy atom. The summed E-state index contributed by atoms with van der Waals surface area (Å²) in [6.07, 6.45) is 12.4. The monoisotopic (exact) mass is 290 g/mol. The molecule has 0 aromatic carbocycles. The normalized spacial score (nSPS) is 59.2. The predicted octanol–water partition coefficient (Wildman–Crippen LogP) is 3.53. The lowest BCUT2D eigenvalue weighted by Gasteiger charge is -2.56. The van der Waals surface area contributed by atoms with Gasteiger partial charge in [0.1, 0.15) is 0 Å². The largest absolute Gasteiger partial charge is 0.390 e. The van der Waals surface area contributed by atoms with Crippen molar-refractivity contribution in [2.45, 2.75) is 70.5 Å². The molecule has 0 bridgehead atoms. The van der Waals surface area contributed by atoms with Crippen LogP contribution in [0.4, 0.5) is 0 Å². The second kappa shape index (κ2) is 4.58. The van der Waals surface area contributed by atoms with Crippen molar-refractivity contribution in [1.82, 2.24) is 0 Å². The highest BCUT2D eigenvalue weighted by Crippen LogP contribution is 2.61. The van der Waals surface area contributed by atoms with E-state index in [1.807, 2.05) is 6.92 Å². The van der Waals surface area contributed by atoms with Gasteiger partial charge in [-0.1, -0.05) is 19.1 Å². The molecule has 0 saturated heterocycles. The zero-order valence-corrected chi connectivity index (χ0v) is 13.5. The SMILES string of the molecule is C[C@@]1(O)CC[C@H]2[C@H](CC[C@@H]3[C@@H]2CC[C@]2(C)[C@@H](O)C=C[C@@H]32)C1. The number of rotatable bonds is 0. The van der Waals surface area contributed by atoms with Crippen molar-refractivity contribution in [3.63, 3.8) is 0 Å². The quantitative estimate of drug-likeness (QED) is 0.670. The molecule has 3 saturated carbocycles. The molecule has 0 unspecified atom stereocenters. The van der Waals surface area contributed by atoms with Gasteiger partial charge in [-0.3, -0.25) is 0 Å². The Hall–Kier alpha value is -0.340. The molecule has 2 nitrogen and oxygen atoms in total. The molecule has 3 fully saturated rings. The van der Waals surface area contributed by atoms with Crippen LogP contribution < -0.4 is 0 Å². The van der Waals surface area contributed by atoms with Gasteiger partial charge in [0, 0.05) is 5.41 Å². The lowest BCUT2D eigenvalue weighted by Crippen LogP contribution is -2.51. The van der Waals surface area contributed by atoms with Crippen LogP contribution in [-0.4, -0.2) is 21.9 Å². The van der Waals surface area contributed by atoms with Crippen LogP contribution in [0.15, 0.2) is 12.2 Å². The van der Waals surface area contributed by atoms with E-state index < -0.39 is 5.60 Å². The van der Waals surface area contributed by atoms with Gasteiger partial charge in [0.05, 0.1) is 11.7 Å². The summed E-state index contributed by atoms with van der Waals surface area (Å²) in [6.45, 7) is 4.33. The minimum Gasteiger partial charge on any atom is -0.390 e. The molecule has 4 rings (SSSR count). The molecule has 118 valence electrons. The van der Waals surface area contributed by atoms with Gasteiger partial charge >= 0.3 is 0 Å². The van der Waals surface area contributed by atoms with Gasteiger partial charge < -0.3 is 10.2 Å². The van der Waals surface area contributed by atoms with Gasteiger partial charge in [-0.05, 0) is 81.5 Å². The predicted molar refractivity (Wildman–Crippen MR) is 83.6 cm³/mol. The standard InChI is InChI=1S/C19H30O2/c1-18(21)9-7-13-12(11-18)3-4-15-14(13)8-10-19(2)16(15)5-6-17(19)20/h5-6,12-17,20-21H,3-4,7-11H2,1-2H3/t12-,13+,14-,15-,16+,17+,18-,19+/m1/s1. The lowest BCUT2D eigenvalue weighted by atomic mass is 9.49. The Labute approximate surface area is 128 Å². The lowest BCUT2D eigenvalue weighted by molar-refractivity contribution is -0.103. The number of hydrogen-bond donors (Lipinski definition) is 2. The minimum absolute atomic E-state index is 0.105. The van der Waals surface area contributed by atoms with Crippen LogP contribution in [-0.2, 0) is 0 Å². The average Bonchev–Trinajstić information content (AvgIpc) is 2.73. The van der Waals surface area contributed by atoms with E-state index in [-0.39, 0.29) is 11.5 Å². The summed E-state index contributed by atoms with van der Waals surface area (Å²) in [4.78, 5) is 0. The van der Waals surface area contributed by atoms with Crippen LogP contribution in [0, 0.1) is 35.0 Å². The summed E-state index contributed by atoms with van der Waals surface area (Å²) in [5, 5.41) is 20.7. The molecule has 0 radical (unpaired) electrons. The first-order valence-electron chi connectivity index (χ1n) is 8.99. The number of fused-ring (bicyclic) bond motifs is 5. The molecule has 0 amide bonds. The van der Waals surface area contributed by atoms with Crippen LogP contribution in [0.25, 0.3) is 0 Å². The smallest absolute Gasteiger partial charge is 0.0780 e. The first-order valence-corrected chi connectivity index (χ1v) is 8.99. The second-order valence-electron chi connectivity index (χ2n) is 8.97. The molecule has 4 aliphatic rings. The third-order valence-electron chi connectivity index (χ3n) is 7.71. The van der Waals surface area contributed by atoms with E-state index in [9.17, 15) is 10.2 Å². The van der Waals surface area contributed by atoms with Crippen molar-refractivity contribution >= 4 is 0 Å². The van der Waals surface area contributed by atoms with E-state index in [0.717, 1.165) is 36.5 Å². The number of hydrogen-bond acceptors (Lipinski definition) is 2. The molecule has 0 aromatic heterocycles. The van der Waals surface area contributed by atoms with Gasteiger partial charge in [0.2, 0.25) is 0 Å². The zero-order valence-electron chi connectivity index (χ0n) is 13.5. The number of allylic oxidation sites excluding steroid dienone is 1. The summed E-state index contributed by atoms with van der Waals surface area (Å²) in [5.41, 5.74) is -0.311. The van der Waals surface area contributed by atoms with Crippen LogP contribution in [0.1, 0.15) is 58.8 Å². The maximum atomic E-state index is 10.4. The second-order valence-corrected chi connectivity index (χ2v) is 8.97. The maximum absolute atomic E-state index is 10.4. The highest BCUT2D eigenvalue weighted by Gasteiger charge is 2.55. The van der Waals surface area contributed by atoms with Gasteiger partial charge in [-0.25, -0.2) is 0 Å². The van der Waals surface area contributed by atoms with Gasteiger partial charge in [-0.15, -0.1) is 0 Å². The maximum Gasteiger partial charge on any atom is 0.0780 e. The van der Waals surface area contributed by atoms with Gasteiger partial charge in [-0.2, -0.15) is 0 Å². The first kappa shape index (κ1) is 14.3. The third-order valence-corrected chi connectivity index (χ3v) is 7.71. The molecule has 0 heterocycles. The zero-order chi connectivity index (χ0) is 14.8. The van der Waals surface area contributed by atoms with Crippen LogP contribution in [0.2, 0.25) is 0 Å². The van der Waals surface area contributed by atoms with E-state index in [1.54, 1.807) is 0 Å². The van der Waals surface area contributed by atoms with E-state index in [0.29, 0.717) is 5.92 Å². The van der Waals surface area contributed by atoms with Crippen LogP contribution in [0.3, 0.4) is 0 Å². The fraction of sp³-hybridized carbons (Fsp3) is 0.895. The molecule has 8 atom stereocenters. The van der Waals surface area contributed by atoms with Gasteiger partial charge in [0.25, 0.3) is 0 Å². The summed E-state index contributed by atoms with van der Waals surface area (Å²) >= 11 is 0. The average molecular weight is 290 g/mol. The van der Waals surface area contributed by atoms with Crippen molar-refractivity contribution in [2.24, 2.45) is 35.0 Å². The highest BCUT2D eigenvalue weighted by atomic mass is 16.3. The summed E-state index contributed by atoms with van der Waals surface area (Å²) in [7, 11) is 0. The molecule has 2 heteroatoms. The Bertz CT molecular complexity index is 454. The molecule has 0 aromatic rings. The van der Waals surface area contributed by atoms with Crippen molar-refractivity contribution in [2.75, 3.05) is 0 Å². The number of aliphatic hydroxyl groups is 2. The molecular weight excluding hydrogens is 260 g/mol. The molecule has 21 heavy (non-hydrogen) atoms. The van der Waals surface area contributed by atoms with Crippen molar-refractivity contribution in [3.8, 4) is 0 Å². The Morgan fingerprint density at radius 1 is 0.905 bits per heavy atom. The Kier molecular flexibility index (Phi) is 3.11. The van der Waals surface area contributed by atoms with E-state index in [2.05, 4.69) is 19.1 Å². The fourth-order valence-corrected chi connectivity index (χ4v) is 6.51. The molecule has 0 spiro atoms. The molecule has 0 aliphatic heterocycles. The van der Waals surface area contributed by atoms with E-state index in [4.69, 9.17) is 0 Å². The molecule has 4 aliphatic carbocycles. The van der Waals surface area contributed by atoms with E-state index >= 15 is 0 Å². The number of aliphatic hydroxyl groups excluding tert-OH is 1. The van der Waals surface area contributed by atoms with Crippen LogP contribution >= 0.6 is 0 Å². The first-order chi connectivity index (χ1) is 9.91. The molecular formula is C19H30O2. The van der Waals surface area contributed by atoms with Crippen molar-refractivity contribution in [1.29, 1.82) is 0 Å². The van der Waals surface area contributed by atoms with Gasteiger partial charge in [0.15, 0.2) is 0 Å². The summed E-state index contributed by atoms with van der Waals surface area (Å²) in [6, 6.07) is 0. The van der Waals surface area contributed by atoms with Crippen molar-refractivity contribution in [3.05, 3.63) is 12.2 Å². The summed E-state index contributed by atoms with van der Waals surface area (Å²) in [5.74, 6) is 3.79. The van der Waals surface area contributed by atoms with E-state index in [1.165, 1.54) is 32.1 Å². The fourth-order valence-electron chi connectivity index (χ4n) is 6.51. The minimum atomic E-state index is -0.416. The highest BCUT2D eigenvalue weighted by molar-refractivity contribution is 5.18. The third kappa shape index (κ3) is 2.05. The summed E-state index contributed by atoms with van der Waals surface area (Å²) < 4.78 is 0. The van der Waals surface area contributed by atoms with Crippen molar-refractivity contribution < 1.29 is 10.2 Å². The topological polar surface area (TPSA) is 40.5 Å². The Morgan fingerprint density at radius 3 is 2.48 bits per heavy atom. The Balaban J connectivity index is 1.57. The van der Waals surface area contributed by atoms with Crippen LogP contribution in [0.5, 0.6) is 0 Å². The molecule has 2 N–H and O–H groups in total.